The molecule has 0 bridgehead atoms. The van der Waals surface area contributed by atoms with Crippen molar-refractivity contribution in [3.63, 3.8) is 0 Å². The van der Waals surface area contributed by atoms with Gasteiger partial charge in [-0.05, 0) is 19.8 Å². The highest BCUT2D eigenvalue weighted by Gasteiger charge is 2.33. The lowest BCUT2D eigenvalue weighted by atomic mass is 10.1. The second-order valence-corrected chi connectivity index (χ2v) is 7.10. The Morgan fingerprint density at radius 2 is 1.52 bits per heavy atom. The zero-order valence-corrected chi connectivity index (χ0v) is 18.1. The van der Waals surface area contributed by atoms with Crippen molar-refractivity contribution >= 4 is 35.6 Å². The average molecular weight is 476 g/mol. The number of carboxylic acids is 1. The molecule has 33 heavy (non-hydrogen) atoms. The van der Waals surface area contributed by atoms with Crippen LogP contribution >= 0.6 is 0 Å². The van der Waals surface area contributed by atoms with Crippen molar-refractivity contribution in [1.82, 2.24) is 16.0 Å². The minimum atomic E-state index is -1.69. The molecule has 0 saturated carbocycles. The van der Waals surface area contributed by atoms with Crippen LogP contribution < -0.4 is 38.9 Å². The fourth-order valence-electron chi connectivity index (χ4n) is 2.46. The van der Waals surface area contributed by atoms with E-state index in [0.717, 1.165) is 6.92 Å². The number of aliphatic imine (C=N–C) groups is 1. The van der Waals surface area contributed by atoms with Crippen molar-refractivity contribution in [2.24, 2.45) is 27.9 Å². The van der Waals surface area contributed by atoms with Gasteiger partial charge in [0, 0.05) is 6.54 Å². The summed E-state index contributed by atoms with van der Waals surface area (Å²) >= 11 is 0. The van der Waals surface area contributed by atoms with E-state index in [1.807, 2.05) is 5.32 Å². The van der Waals surface area contributed by atoms with Crippen LogP contribution in [0.25, 0.3) is 0 Å². The highest BCUT2D eigenvalue weighted by molar-refractivity contribution is 5.95. The van der Waals surface area contributed by atoms with Crippen LogP contribution in [0.3, 0.4) is 0 Å². The Bertz CT molecular complexity index is 741. The first kappa shape index (κ1) is 29.5. The van der Waals surface area contributed by atoms with Gasteiger partial charge in [-0.15, -0.1) is 0 Å². The van der Waals surface area contributed by atoms with Gasteiger partial charge in [-0.2, -0.15) is 0 Å². The van der Waals surface area contributed by atoms with Crippen molar-refractivity contribution in [3.8, 4) is 0 Å². The van der Waals surface area contributed by atoms with Crippen LogP contribution in [0.1, 0.15) is 26.2 Å². The molecule has 5 atom stereocenters. The van der Waals surface area contributed by atoms with E-state index in [1.54, 1.807) is 0 Å². The molecule has 0 aliphatic heterocycles. The molecule has 4 amide bonds. The molecule has 0 aromatic heterocycles. The summed E-state index contributed by atoms with van der Waals surface area (Å²) < 4.78 is 0. The monoisotopic (exact) mass is 476 g/mol. The number of guanidine groups is 1. The van der Waals surface area contributed by atoms with Crippen molar-refractivity contribution in [1.29, 1.82) is 0 Å². The molecule has 0 saturated heterocycles. The van der Waals surface area contributed by atoms with Gasteiger partial charge in [0.25, 0.3) is 0 Å². The van der Waals surface area contributed by atoms with Gasteiger partial charge < -0.3 is 54.2 Å². The van der Waals surface area contributed by atoms with Crippen molar-refractivity contribution in [2.75, 3.05) is 13.2 Å². The highest BCUT2D eigenvalue weighted by atomic mass is 16.4. The molecule has 188 valence electrons. The van der Waals surface area contributed by atoms with Crippen LogP contribution in [0.5, 0.6) is 0 Å². The van der Waals surface area contributed by atoms with Gasteiger partial charge in [-0.25, -0.2) is 4.79 Å². The van der Waals surface area contributed by atoms with Crippen LogP contribution in [0.15, 0.2) is 4.99 Å². The largest absolute Gasteiger partial charge is 0.480 e. The molecule has 0 aliphatic carbocycles. The third kappa shape index (κ3) is 11.6. The Morgan fingerprint density at radius 1 is 0.939 bits per heavy atom. The Labute approximate surface area is 189 Å². The number of aliphatic hydroxyl groups is 2. The van der Waals surface area contributed by atoms with E-state index in [4.69, 9.17) is 33.1 Å². The van der Waals surface area contributed by atoms with Gasteiger partial charge in [0.15, 0.2) is 5.96 Å². The summed E-state index contributed by atoms with van der Waals surface area (Å²) in [7, 11) is 0. The summed E-state index contributed by atoms with van der Waals surface area (Å²) in [5.41, 5.74) is 20.8. The predicted molar refractivity (Wildman–Crippen MR) is 114 cm³/mol. The van der Waals surface area contributed by atoms with E-state index < -0.39 is 72.9 Å². The molecule has 16 nitrogen and oxygen atoms in total. The lowest BCUT2D eigenvalue weighted by Gasteiger charge is -2.26. The van der Waals surface area contributed by atoms with Crippen LogP contribution in [0.2, 0.25) is 0 Å². The first-order valence-electron chi connectivity index (χ1n) is 9.82. The molecular weight excluding hydrogens is 444 g/mol. The van der Waals surface area contributed by atoms with Gasteiger partial charge in [0.05, 0.1) is 19.1 Å². The lowest BCUT2D eigenvalue weighted by molar-refractivity contribution is -0.144. The van der Waals surface area contributed by atoms with Gasteiger partial charge in [0.1, 0.15) is 24.2 Å². The predicted octanol–water partition coefficient (Wildman–Crippen LogP) is -5.85. The topological polar surface area (TPSA) is 299 Å². The Kier molecular flexibility index (Phi) is 13.0. The van der Waals surface area contributed by atoms with Crippen LogP contribution in [0, 0.1) is 0 Å². The van der Waals surface area contributed by atoms with E-state index >= 15 is 0 Å². The van der Waals surface area contributed by atoms with Gasteiger partial charge in [0.2, 0.25) is 23.6 Å². The molecular formula is C17H32N8O8. The maximum absolute atomic E-state index is 12.7. The van der Waals surface area contributed by atoms with E-state index in [9.17, 15) is 29.1 Å². The van der Waals surface area contributed by atoms with Gasteiger partial charge in [-0.3, -0.25) is 24.2 Å². The zero-order valence-electron chi connectivity index (χ0n) is 18.1. The standard InChI is InChI=1S/C17H32N8O8/c1-7(27)12(15(31)24-10(16(32)33)5-11(19)28)25-14(30)9(3-2-4-22-17(20)21)23-13(29)8(18)6-26/h7-10,12,26-27H,2-6,18H2,1H3,(H2,19,28)(H,23,29)(H,24,31)(H,25,30)(H,32,33)(H4,20,21,22). The smallest absolute Gasteiger partial charge is 0.326 e. The first-order chi connectivity index (χ1) is 15.3. The lowest BCUT2D eigenvalue weighted by Crippen LogP contribution is -2.60. The molecule has 14 N–H and O–H groups in total. The summed E-state index contributed by atoms with van der Waals surface area (Å²) in [5, 5.41) is 34.6. The summed E-state index contributed by atoms with van der Waals surface area (Å²) in [4.78, 5) is 63.2. The summed E-state index contributed by atoms with van der Waals surface area (Å²) in [6.45, 7) is 0.577. The minimum Gasteiger partial charge on any atom is -0.480 e. The fourth-order valence-corrected chi connectivity index (χ4v) is 2.46. The molecule has 16 heteroatoms. The number of carbonyl (C=O) groups is 5. The molecule has 0 spiro atoms. The van der Waals surface area contributed by atoms with E-state index in [2.05, 4.69) is 15.6 Å². The van der Waals surface area contributed by atoms with E-state index in [-0.39, 0.29) is 25.3 Å². The molecule has 0 aliphatic rings. The molecule has 0 heterocycles. The van der Waals surface area contributed by atoms with Crippen molar-refractivity contribution in [2.45, 2.75) is 56.5 Å². The number of nitrogens with zero attached hydrogens (tertiary/aromatic N) is 1. The number of carbonyl (C=O) groups excluding carboxylic acids is 4. The second-order valence-electron chi connectivity index (χ2n) is 7.10. The molecule has 0 radical (unpaired) electrons. The van der Waals surface area contributed by atoms with Crippen LogP contribution in [0.4, 0.5) is 0 Å². The third-order valence-corrected chi connectivity index (χ3v) is 4.19. The number of nitrogens with two attached hydrogens (primary N) is 4. The maximum atomic E-state index is 12.7. The summed E-state index contributed by atoms with van der Waals surface area (Å²) in [6, 6.07) is -5.92. The Morgan fingerprint density at radius 3 is 1.97 bits per heavy atom. The molecule has 5 unspecified atom stereocenters. The number of aliphatic hydroxyl groups excluding tert-OH is 2. The number of nitrogens with one attached hydrogen (secondary N) is 3. The number of carboxylic acid groups (broad SMARTS) is 1. The minimum absolute atomic E-state index is 0.0138. The molecule has 0 fully saturated rings. The van der Waals surface area contributed by atoms with Gasteiger partial charge in [-0.1, -0.05) is 0 Å². The number of hydrogen-bond donors (Lipinski definition) is 10. The van der Waals surface area contributed by atoms with Crippen LogP contribution in [-0.2, 0) is 24.0 Å². The fraction of sp³-hybridized carbons (Fsp3) is 0.647. The van der Waals surface area contributed by atoms with Crippen LogP contribution in [-0.4, -0.2) is 94.3 Å². The van der Waals surface area contributed by atoms with Gasteiger partial charge >= 0.3 is 5.97 Å². The first-order valence-corrected chi connectivity index (χ1v) is 9.82. The van der Waals surface area contributed by atoms with E-state index in [1.165, 1.54) is 0 Å². The zero-order chi connectivity index (χ0) is 25.7. The highest BCUT2D eigenvalue weighted by Crippen LogP contribution is 2.03. The molecule has 0 rings (SSSR count). The number of aliphatic carboxylic acids is 1. The second kappa shape index (κ2) is 14.5. The number of hydrogen-bond acceptors (Lipinski definition) is 9. The number of amides is 4. The average Bonchev–Trinajstić information content (AvgIpc) is 2.71. The number of primary amides is 1. The Balaban J connectivity index is 5.47. The number of rotatable bonds is 15. The third-order valence-electron chi connectivity index (χ3n) is 4.19. The molecule has 0 aromatic rings. The van der Waals surface area contributed by atoms with Crippen molar-refractivity contribution < 1.29 is 39.3 Å². The Hall–Kier alpha value is -3.50. The summed E-state index contributed by atoms with van der Waals surface area (Å²) in [6.07, 6.45) is -2.00. The quantitative estimate of drug-likeness (QED) is 0.0602. The maximum Gasteiger partial charge on any atom is 0.326 e. The normalized spacial score (nSPS) is 15.2. The van der Waals surface area contributed by atoms with E-state index in [0.29, 0.717) is 0 Å². The molecule has 0 aromatic carbocycles. The SMILES string of the molecule is CC(O)C(NC(=O)C(CCCN=C(N)N)NC(=O)C(N)CO)C(=O)NC(CC(N)=O)C(=O)O. The summed E-state index contributed by atoms with van der Waals surface area (Å²) in [5.74, 6) is -5.61. The van der Waals surface area contributed by atoms with Crippen molar-refractivity contribution in [3.05, 3.63) is 0 Å².